The minimum Gasteiger partial charge on any atom is -0.299 e. The van der Waals surface area contributed by atoms with Crippen molar-refractivity contribution in [2.75, 3.05) is 0 Å². The summed E-state index contributed by atoms with van der Waals surface area (Å²) in [7, 11) is -5.62. The topological polar surface area (TPSA) is 46.5 Å². The fourth-order valence-corrected chi connectivity index (χ4v) is 1.06. The van der Waals surface area contributed by atoms with E-state index in [1.807, 2.05) is 0 Å². The molecule has 0 aromatic carbocycles. The van der Waals surface area contributed by atoms with Gasteiger partial charge in [-0.25, -0.2) is 4.57 Å². The van der Waals surface area contributed by atoms with Gasteiger partial charge in [-0.05, 0) is 0 Å². The average Bonchev–Trinajstić information content (AvgIpc) is 1.81. The van der Waals surface area contributed by atoms with Crippen molar-refractivity contribution < 1.29 is 31.4 Å². The van der Waals surface area contributed by atoms with Crippen LogP contribution in [0.2, 0.25) is 0 Å². The molecule has 0 aliphatic heterocycles. The van der Waals surface area contributed by atoms with Crippen molar-refractivity contribution in [3.63, 3.8) is 0 Å². The van der Waals surface area contributed by atoms with E-state index in [1.165, 1.54) is 0 Å². The number of hydrogen-bond acceptors (Lipinski definition) is 2. The van der Waals surface area contributed by atoms with Crippen LogP contribution in [0.4, 0.5) is 17.4 Å². The van der Waals surface area contributed by atoms with E-state index < -0.39 is 26.6 Å². The van der Waals surface area contributed by atoms with Crippen molar-refractivity contribution in [1.82, 2.24) is 0 Å². The quantitative estimate of drug-likeness (QED) is 0.451. The lowest BCUT2D eigenvalue weighted by Gasteiger charge is -2.18. The summed E-state index contributed by atoms with van der Waals surface area (Å²) < 4.78 is 60.6. The molecule has 0 heterocycles. The number of alkyl halides is 3. The minimum absolute atomic E-state index is 0.780. The maximum absolute atomic E-state index is 11.9. The lowest BCUT2D eigenvalue weighted by Crippen LogP contribution is -2.29. The van der Waals surface area contributed by atoms with Crippen LogP contribution in [0.3, 0.4) is 0 Å². The van der Waals surface area contributed by atoms with E-state index in [0.717, 1.165) is 6.08 Å². The normalized spacial score (nSPS) is 19.2. The lowest BCUT2D eigenvalue weighted by atomic mass is 10.2. The van der Waals surface area contributed by atoms with Gasteiger partial charge in [-0.15, -0.1) is 10.8 Å². The van der Waals surface area contributed by atoms with Gasteiger partial charge in [-0.1, -0.05) is 6.08 Å². The van der Waals surface area contributed by atoms with Crippen LogP contribution in [-0.4, -0.2) is 17.2 Å². The second-order valence-corrected chi connectivity index (χ2v) is 3.23. The monoisotopic (exact) mass is 222 g/mol. The van der Waals surface area contributed by atoms with Crippen molar-refractivity contribution in [3.8, 4) is 0 Å². The van der Waals surface area contributed by atoms with Crippen LogP contribution in [0.15, 0.2) is 12.7 Å². The first-order valence-electron chi connectivity index (χ1n) is 3.05. The number of rotatable bonds is 4. The SMILES string of the molecule is C=CCC(OP(=O)(O)F)C(F)(F)F. The van der Waals surface area contributed by atoms with Gasteiger partial charge in [0.25, 0.3) is 0 Å². The van der Waals surface area contributed by atoms with E-state index in [0.29, 0.717) is 0 Å². The highest BCUT2D eigenvalue weighted by molar-refractivity contribution is 7.46. The first-order chi connectivity index (χ1) is 5.67. The van der Waals surface area contributed by atoms with Gasteiger partial charge in [0.05, 0.1) is 0 Å². The maximum Gasteiger partial charge on any atom is 0.511 e. The Balaban J connectivity index is 4.45. The Morgan fingerprint density at radius 3 is 2.31 bits per heavy atom. The van der Waals surface area contributed by atoms with Crippen molar-refractivity contribution in [3.05, 3.63) is 12.7 Å². The molecule has 0 spiro atoms. The molecule has 0 aliphatic rings. The summed E-state index contributed by atoms with van der Waals surface area (Å²) in [6.07, 6.45) is -7.49. The molecule has 78 valence electrons. The summed E-state index contributed by atoms with van der Waals surface area (Å²) in [5.74, 6) is 0. The van der Waals surface area contributed by atoms with Crippen LogP contribution in [0.1, 0.15) is 6.42 Å². The first-order valence-corrected chi connectivity index (χ1v) is 4.52. The smallest absolute Gasteiger partial charge is 0.299 e. The van der Waals surface area contributed by atoms with Crippen molar-refractivity contribution in [2.24, 2.45) is 0 Å². The van der Waals surface area contributed by atoms with Gasteiger partial charge in [0.2, 0.25) is 0 Å². The summed E-state index contributed by atoms with van der Waals surface area (Å²) in [6, 6.07) is 0. The molecule has 0 radical (unpaired) electrons. The third-order valence-electron chi connectivity index (χ3n) is 1.00. The molecule has 0 rings (SSSR count). The Morgan fingerprint density at radius 2 is 2.08 bits per heavy atom. The van der Waals surface area contributed by atoms with E-state index in [2.05, 4.69) is 11.1 Å². The van der Waals surface area contributed by atoms with Crippen LogP contribution in [-0.2, 0) is 9.09 Å². The maximum atomic E-state index is 11.9. The predicted molar refractivity (Wildman–Crippen MR) is 36.7 cm³/mol. The van der Waals surface area contributed by atoms with E-state index >= 15 is 0 Å². The van der Waals surface area contributed by atoms with Crippen molar-refractivity contribution in [2.45, 2.75) is 18.7 Å². The largest absolute Gasteiger partial charge is 0.511 e. The predicted octanol–water partition coefficient (Wildman–Crippen LogP) is 2.58. The van der Waals surface area contributed by atoms with Crippen LogP contribution in [0, 0.1) is 0 Å². The molecule has 0 fully saturated rings. The molecule has 8 heteroatoms. The van der Waals surface area contributed by atoms with Gasteiger partial charge in [0.15, 0.2) is 6.10 Å². The molecule has 2 unspecified atom stereocenters. The average molecular weight is 222 g/mol. The van der Waals surface area contributed by atoms with Gasteiger partial charge in [-0.3, -0.25) is 9.42 Å². The highest BCUT2D eigenvalue weighted by atomic mass is 31.2. The Morgan fingerprint density at radius 1 is 1.62 bits per heavy atom. The van der Waals surface area contributed by atoms with Crippen LogP contribution >= 0.6 is 7.91 Å². The third kappa shape index (κ3) is 5.79. The summed E-state index contributed by atoms with van der Waals surface area (Å²) >= 11 is 0. The molecule has 0 aromatic heterocycles. The van der Waals surface area contributed by atoms with Gasteiger partial charge < -0.3 is 0 Å². The molecular formula is C5H7F4O3P. The second-order valence-electron chi connectivity index (χ2n) is 2.11. The Bertz CT molecular complexity index is 220. The molecule has 13 heavy (non-hydrogen) atoms. The Labute approximate surface area is 71.7 Å². The van der Waals surface area contributed by atoms with E-state index in [-0.39, 0.29) is 0 Å². The Hall–Kier alpha value is -0.390. The lowest BCUT2D eigenvalue weighted by molar-refractivity contribution is -0.196. The van der Waals surface area contributed by atoms with Crippen molar-refractivity contribution >= 4 is 7.91 Å². The second kappa shape index (κ2) is 4.21. The van der Waals surface area contributed by atoms with E-state index in [1.54, 1.807) is 0 Å². The number of halogens is 4. The Kier molecular flexibility index (Phi) is 4.09. The highest BCUT2D eigenvalue weighted by Gasteiger charge is 2.44. The van der Waals surface area contributed by atoms with Crippen LogP contribution in [0.5, 0.6) is 0 Å². The summed E-state index contributed by atoms with van der Waals surface area (Å²) in [4.78, 5) is 7.91. The molecule has 0 aliphatic carbocycles. The molecule has 0 aromatic rings. The van der Waals surface area contributed by atoms with Gasteiger partial charge in [0.1, 0.15) is 0 Å². The summed E-state index contributed by atoms with van der Waals surface area (Å²) in [5, 5.41) is 0. The zero-order valence-electron chi connectivity index (χ0n) is 6.29. The van der Waals surface area contributed by atoms with Gasteiger partial charge in [0, 0.05) is 6.42 Å². The minimum atomic E-state index is -5.62. The third-order valence-corrected chi connectivity index (χ3v) is 1.52. The molecule has 0 saturated carbocycles. The number of hydrogen-bond donors (Lipinski definition) is 1. The molecule has 2 atom stereocenters. The summed E-state index contributed by atoms with van der Waals surface area (Å²) in [5.41, 5.74) is 0. The van der Waals surface area contributed by atoms with E-state index in [9.17, 15) is 21.9 Å². The molecule has 0 amide bonds. The van der Waals surface area contributed by atoms with Crippen LogP contribution < -0.4 is 0 Å². The molecule has 1 N–H and O–H groups in total. The van der Waals surface area contributed by atoms with E-state index in [4.69, 9.17) is 4.89 Å². The highest BCUT2D eigenvalue weighted by Crippen LogP contribution is 2.47. The van der Waals surface area contributed by atoms with Gasteiger partial charge in [-0.2, -0.15) is 13.2 Å². The molecule has 0 saturated heterocycles. The fourth-order valence-electron chi connectivity index (χ4n) is 0.545. The summed E-state index contributed by atoms with van der Waals surface area (Å²) in [6.45, 7) is 2.97. The molecular weight excluding hydrogens is 215 g/mol. The molecule has 0 bridgehead atoms. The standard InChI is InChI=1S/C5H7F4O3P/c1-2-3-4(5(6,7)8)12-13(9,10)11/h2,4H,1,3H2,(H,10,11). The zero-order valence-corrected chi connectivity index (χ0v) is 7.19. The van der Waals surface area contributed by atoms with Crippen molar-refractivity contribution in [1.29, 1.82) is 0 Å². The molecule has 3 nitrogen and oxygen atoms in total. The van der Waals surface area contributed by atoms with Gasteiger partial charge >= 0.3 is 14.1 Å². The van der Waals surface area contributed by atoms with Crippen LogP contribution in [0.25, 0.3) is 0 Å². The first kappa shape index (κ1) is 12.6. The fraction of sp³-hybridized carbons (Fsp3) is 0.600. The zero-order chi connectivity index (χ0) is 10.7.